The molecule has 2 aromatic rings. The van der Waals surface area contributed by atoms with Crippen molar-refractivity contribution in [1.29, 1.82) is 0 Å². The molecule has 0 radical (unpaired) electrons. The van der Waals surface area contributed by atoms with E-state index >= 15 is 0 Å². The normalized spacial score (nSPS) is 19.8. The summed E-state index contributed by atoms with van der Waals surface area (Å²) >= 11 is 6.39. The van der Waals surface area contributed by atoms with Crippen molar-refractivity contribution in [3.8, 4) is 17.2 Å². The van der Waals surface area contributed by atoms with E-state index in [2.05, 4.69) is 29.2 Å². The number of ether oxygens (including phenoxy) is 3. The minimum Gasteiger partial charge on any atom is -0.497 e. The average molecular weight is 360 g/mol. The lowest BCUT2D eigenvalue weighted by Crippen LogP contribution is -2.23. The lowest BCUT2D eigenvalue weighted by molar-refractivity contribution is 0.171. The quantitative estimate of drug-likeness (QED) is 0.806. The van der Waals surface area contributed by atoms with E-state index in [1.54, 1.807) is 7.11 Å². The number of fused-ring (bicyclic) bond motifs is 1. The highest BCUT2D eigenvalue weighted by atomic mass is 35.5. The zero-order chi connectivity index (χ0) is 17.2. The summed E-state index contributed by atoms with van der Waals surface area (Å²) in [7, 11) is 1.71. The Balaban J connectivity index is 1.56. The van der Waals surface area contributed by atoms with Crippen molar-refractivity contribution in [2.24, 2.45) is 0 Å². The summed E-state index contributed by atoms with van der Waals surface area (Å²) in [5, 5.41) is 0.629. The molecule has 1 atom stereocenters. The molecule has 2 aliphatic rings. The first-order chi connectivity index (χ1) is 12.2. The number of hydrogen-bond donors (Lipinski definition) is 0. The van der Waals surface area contributed by atoms with Gasteiger partial charge in [-0.3, -0.25) is 4.90 Å². The first kappa shape index (κ1) is 16.6. The molecule has 1 fully saturated rings. The molecule has 25 heavy (non-hydrogen) atoms. The van der Waals surface area contributed by atoms with Crippen LogP contribution in [-0.2, 0) is 6.54 Å². The van der Waals surface area contributed by atoms with Gasteiger partial charge in [0, 0.05) is 12.6 Å². The molecule has 0 aromatic heterocycles. The standard InChI is InChI=1S/C20H22ClNO3/c1-23-16-5-2-4-15(12-16)18-6-3-7-22(18)13-14-10-17(21)20-19(11-14)24-8-9-25-20/h2,4-5,10-12,18H,3,6-9,13H2,1H3/t18-/m0/s1. The number of benzene rings is 2. The summed E-state index contributed by atoms with van der Waals surface area (Å²) in [6.45, 7) is 3.05. The Morgan fingerprint density at radius 3 is 2.96 bits per heavy atom. The fourth-order valence-corrected chi connectivity index (χ4v) is 4.02. The van der Waals surface area contributed by atoms with Gasteiger partial charge >= 0.3 is 0 Å². The van der Waals surface area contributed by atoms with E-state index in [1.165, 1.54) is 12.0 Å². The van der Waals surface area contributed by atoms with Crippen LogP contribution in [-0.4, -0.2) is 31.8 Å². The second-order valence-corrected chi connectivity index (χ2v) is 6.91. The molecule has 2 aromatic carbocycles. The van der Waals surface area contributed by atoms with Gasteiger partial charge in [-0.25, -0.2) is 0 Å². The van der Waals surface area contributed by atoms with Crippen molar-refractivity contribution in [2.45, 2.75) is 25.4 Å². The topological polar surface area (TPSA) is 30.9 Å². The number of hydrogen-bond acceptors (Lipinski definition) is 4. The number of nitrogens with zero attached hydrogens (tertiary/aromatic N) is 1. The molecule has 5 heteroatoms. The monoisotopic (exact) mass is 359 g/mol. The maximum Gasteiger partial charge on any atom is 0.179 e. The zero-order valence-electron chi connectivity index (χ0n) is 14.3. The molecule has 2 heterocycles. The molecule has 0 unspecified atom stereocenters. The molecular weight excluding hydrogens is 338 g/mol. The SMILES string of the molecule is COc1cccc([C@@H]2CCCN2Cc2cc(Cl)c3c(c2)OCCO3)c1. The summed E-state index contributed by atoms with van der Waals surface area (Å²) in [6, 6.07) is 12.8. The maximum atomic E-state index is 6.39. The summed E-state index contributed by atoms with van der Waals surface area (Å²) in [6.07, 6.45) is 2.35. The Morgan fingerprint density at radius 2 is 2.08 bits per heavy atom. The van der Waals surface area contributed by atoms with Crippen molar-refractivity contribution in [1.82, 2.24) is 4.90 Å². The van der Waals surface area contributed by atoms with Crippen LogP contribution in [0.4, 0.5) is 0 Å². The van der Waals surface area contributed by atoms with Crippen molar-refractivity contribution in [3.63, 3.8) is 0 Å². The zero-order valence-corrected chi connectivity index (χ0v) is 15.1. The number of halogens is 1. The Bertz CT molecular complexity index is 765. The number of likely N-dealkylation sites (tertiary alicyclic amines) is 1. The highest BCUT2D eigenvalue weighted by molar-refractivity contribution is 6.32. The van der Waals surface area contributed by atoms with Crippen molar-refractivity contribution in [3.05, 3.63) is 52.5 Å². The minimum absolute atomic E-state index is 0.405. The van der Waals surface area contributed by atoms with Gasteiger partial charge in [0.05, 0.1) is 12.1 Å². The Hall–Kier alpha value is -1.91. The molecule has 0 bridgehead atoms. The van der Waals surface area contributed by atoms with Crippen LogP contribution in [0.25, 0.3) is 0 Å². The van der Waals surface area contributed by atoms with Gasteiger partial charge in [-0.2, -0.15) is 0 Å². The van der Waals surface area contributed by atoms with E-state index in [4.69, 9.17) is 25.8 Å². The van der Waals surface area contributed by atoms with E-state index in [0.29, 0.717) is 30.0 Å². The Labute approximate surface area is 153 Å². The predicted molar refractivity (Wildman–Crippen MR) is 97.8 cm³/mol. The van der Waals surface area contributed by atoms with Gasteiger partial charge in [-0.05, 0) is 54.8 Å². The summed E-state index contributed by atoms with van der Waals surface area (Å²) in [4.78, 5) is 2.50. The first-order valence-corrected chi connectivity index (χ1v) is 9.08. The van der Waals surface area contributed by atoms with Crippen LogP contribution in [0, 0.1) is 0 Å². The van der Waals surface area contributed by atoms with Gasteiger partial charge < -0.3 is 14.2 Å². The van der Waals surface area contributed by atoms with Gasteiger partial charge in [0.1, 0.15) is 19.0 Å². The first-order valence-electron chi connectivity index (χ1n) is 8.70. The predicted octanol–water partition coefficient (Wildman–Crippen LogP) is 4.46. The minimum atomic E-state index is 0.405. The average Bonchev–Trinajstić information content (AvgIpc) is 3.10. The van der Waals surface area contributed by atoms with Gasteiger partial charge in [0.15, 0.2) is 11.5 Å². The number of methoxy groups -OCH3 is 1. The van der Waals surface area contributed by atoms with E-state index in [1.807, 2.05) is 12.1 Å². The highest BCUT2D eigenvalue weighted by Crippen LogP contribution is 2.40. The molecule has 1 saturated heterocycles. The lowest BCUT2D eigenvalue weighted by atomic mass is 10.0. The van der Waals surface area contributed by atoms with Crippen LogP contribution in [0.2, 0.25) is 5.02 Å². The second-order valence-electron chi connectivity index (χ2n) is 6.51. The Morgan fingerprint density at radius 1 is 1.20 bits per heavy atom. The van der Waals surface area contributed by atoms with Crippen molar-refractivity contribution in [2.75, 3.05) is 26.9 Å². The molecular formula is C20H22ClNO3. The van der Waals surface area contributed by atoms with Crippen LogP contribution in [0.15, 0.2) is 36.4 Å². The van der Waals surface area contributed by atoms with Gasteiger partial charge in [0.2, 0.25) is 0 Å². The van der Waals surface area contributed by atoms with Gasteiger partial charge in [-0.15, -0.1) is 0 Å². The fourth-order valence-electron chi connectivity index (χ4n) is 3.73. The summed E-state index contributed by atoms with van der Waals surface area (Å²) < 4.78 is 16.7. The Kier molecular flexibility index (Phi) is 4.73. The third-order valence-electron chi connectivity index (χ3n) is 4.88. The molecule has 132 valence electrons. The summed E-state index contributed by atoms with van der Waals surface area (Å²) in [5.41, 5.74) is 2.46. The van der Waals surface area contributed by atoms with Crippen LogP contribution < -0.4 is 14.2 Å². The maximum absolute atomic E-state index is 6.39. The van der Waals surface area contributed by atoms with E-state index in [-0.39, 0.29) is 0 Å². The lowest BCUT2D eigenvalue weighted by Gasteiger charge is -2.26. The summed E-state index contributed by atoms with van der Waals surface area (Å²) in [5.74, 6) is 2.33. The van der Waals surface area contributed by atoms with Crippen LogP contribution in [0.1, 0.15) is 30.0 Å². The molecule has 4 nitrogen and oxygen atoms in total. The van der Waals surface area contributed by atoms with Crippen LogP contribution in [0.5, 0.6) is 17.2 Å². The van der Waals surface area contributed by atoms with Crippen LogP contribution >= 0.6 is 11.6 Å². The van der Waals surface area contributed by atoms with Crippen molar-refractivity contribution >= 4 is 11.6 Å². The van der Waals surface area contributed by atoms with Gasteiger partial charge in [0.25, 0.3) is 0 Å². The highest BCUT2D eigenvalue weighted by Gasteiger charge is 2.27. The second kappa shape index (κ2) is 7.14. The molecule has 2 aliphatic heterocycles. The third-order valence-corrected chi connectivity index (χ3v) is 5.17. The van der Waals surface area contributed by atoms with E-state index in [9.17, 15) is 0 Å². The molecule has 0 aliphatic carbocycles. The number of rotatable bonds is 4. The molecule has 0 saturated carbocycles. The molecule has 4 rings (SSSR count). The smallest absolute Gasteiger partial charge is 0.179 e. The molecule has 0 amide bonds. The fraction of sp³-hybridized carbons (Fsp3) is 0.400. The molecule has 0 spiro atoms. The largest absolute Gasteiger partial charge is 0.497 e. The van der Waals surface area contributed by atoms with E-state index in [0.717, 1.165) is 36.6 Å². The molecule has 0 N–H and O–H groups in total. The third kappa shape index (κ3) is 3.42. The van der Waals surface area contributed by atoms with Crippen LogP contribution in [0.3, 0.4) is 0 Å². The van der Waals surface area contributed by atoms with E-state index < -0.39 is 0 Å². The van der Waals surface area contributed by atoms with Gasteiger partial charge in [-0.1, -0.05) is 23.7 Å². The van der Waals surface area contributed by atoms with Crippen molar-refractivity contribution < 1.29 is 14.2 Å².